The Labute approximate surface area is 103 Å². The van der Waals surface area contributed by atoms with Gasteiger partial charge in [-0.1, -0.05) is 44.4 Å². The summed E-state index contributed by atoms with van der Waals surface area (Å²) in [6, 6.07) is 3.26. The Hall–Kier alpha value is -1.55. The van der Waals surface area contributed by atoms with Crippen LogP contribution in [0.25, 0.3) is 11.6 Å². The Morgan fingerprint density at radius 3 is 2.59 bits per heavy atom. The fourth-order valence-corrected chi connectivity index (χ4v) is 1.84. The zero-order chi connectivity index (χ0) is 13.0. The molecule has 90 valence electrons. The molecule has 0 aliphatic carbocycles. The zero-order valence-electron chi connectivity index (χ0n) is 11.0. The molecule has 1 aromatic carbocycles. The van der Waals surface area contributed by atoms with E-state index in [1.54, 1.807) is 6.07 Å². The van der Waals surface area contributed by atoms with Crippen LogP contribution in [0.3, 0.4) is 0 Å². The summed E-state index contributed by atoms with van der Waals surface area (Å²) in [6.45, 7) is 8.27. The lowest BCUT2D eigenvalue weighted by Crippen LogP contribution is -2.32. The molecule has 17 heavy (non-hydrogen) atoms. The van der Waals surface area contributed by atoms with Gasteiger partial charge in [-0.25, -0.2) is 4.39 Å². The van der Waals surface area contributed by atoms with Gasteiger partial charge in [-0.05, 0) is 35.8 Å². The summed E-state index contributed by atoms with van der Waals surface area (Å²) in [6.07, 6.45) is 8.43. The van der Waals surface area contributed by atoms with Crippen LogP contribution in [0.2, 0.25) is 0 Å². The lowest BCUT2D eigenvalue weighted by molar-refractivity contribution is 0.622. The highest BCUT2D eigenvalue weighted by Crippen LogP contribution is 2.08. The SMILES string of the molecule is C#Cc1c(F)ccc(=C/CC)/c1=C(\C)C(C)C. The van der Waals surface area contributed by atoms with Gasteiger partial charge < -0.3 is 0 Å². The molecule has 0 aromatic heterocycles. The highest BCUT2D eigenvalue weighted by molar-refractivity contribution is 5.52. The number of hydrogen-bond donors (Lipinski definition) is 0. The topological polar surface area (TPSA) is 0 Å². The molecule has 0 radical (unpaired) electrons. The van der Waals surface area contributed by atoms with Crippen LogP contribution in [0.1, 0.15) is 39.7 Å². The molecule has 0 saturated heterocycles. The summed E-state index contributed by atoms with van der Waals surface area (Å²) in [4.78, 5) is 0. The normalized spacial score (nSPS) is 13.8. The lowest BCUT2D eigenvalue weighted by atomic mass is 9.97. The molecule has 0 heterocycles. The van der Waals surface area contributed by atoms with Crippen LogP contribution in [0.5, 0.6) is 0 Å². The molecule has 0 atom stereocenters. The lowest BCUT2D eigenvalue weighted by Gasteiger charge is -2.08. The first-order chi connectivity index (χ1) is 8.02. The molecule has 0 saturated carbocycles. The summed E-state index contributed by atoms with van der Waals surface area (Å²) in [5, 5.41) is 1.93. The Kier molecular flexibility index (Phi) is 4.52. The molecule has 0 aliphatic heterocycles. The molecule has 0 nitrogen and oxygen atoms in total. The van der Waals surface area contributed by atoms with Crippen LogP contribution in [0.4, 0.5) is 4.39 Å². The minimum atomic E-state index is -0.309. The van der Waals surface area contributed by atoms with E-state index in [2.05, 4.69) is 32.8 Å². The summed E-state index contributed by atoms with van der Waals surface area (Å²) < 4.78 is 13.7. The Morgan fingerprint density at radius 1 is 1.47 bits per heavy atom. The monoisotopic (exact) mass is 230 g/mol. The van der Waals surface area contributed by atoms with E-state index in [-0.39, 0.29) is 5.82 Å². The molecule has 0 N–H and O–H groups in total. The maximum atomic E-state index is 13.7. The van der Waals surface area contributed by atoms with Crippen molar-refractivity contribution in [2.24, 2.45) is 5.92 Å². The Morgan fingerprint density at radius 2 is 2.12 bits per heavy atom. The minimum absolute atomic E-state index is 0.309. The first-order valence-electron chi connectivity index (χ1n) is 5.99. The largest absolute Gasteiger partial charge is 0.206 e. The molecule has 1 aromatic rings. The standard InChI is InChI=1S/C16H19F/c1-6-8-13-9-10-15(17)14(7-2)16(13)12(5)11(3)4/h2,8-11H,6H2,1,3-5H3/b13-8-,16-12-. The number of halogens is 1. The maximum absolute atomic E-state index is 13.7. The van der Waals surface area contributed by atoms with Crippen molar-refractivity contribution >= 4 is 11.6 Å². The number of benzene rings is 1. The second kappa shape index (κ2) is 5.68. The van der Waals surface area contributed by atoms with Crippen molar-refractivity contribution in [1.29, 1.82) is 0 Å². The second-order valence-electron chi connectivity index (χ2n) is 4.48. The maximum Gasteiger partial charge on any atom is 0.139 e. The molecule has 1 rings (SSSR count). The van der Waals surface area contributed by atoms with Crippen molar-refractivity contribution in [3.8, 4) is 12.3 Å². The first-order valence-corrected chi connectivity index (χ1v) is 5.99. The van der Waals surface area contributed by atoms with E-state index in [1.807, 2.05) is 6.92 Å². The smallest absolute Gasteiger partial charge is 0.139 e. The fraction of sp³-hybridized carbons (Fsp3) is 0.375. The molecule has 0 amide bonds. The Balaban J connectivity index is 3.90. The van der Waals surface area contributed by atoms with Gasteiger partial charge in [0.05, 0.1) is 5.56 Å². The van der Waals surface area contributed by atoms with Gasteiger partial charge in [-0.2, -0.15) is 0 Å². The summed E-state index contributed by atoms with van der Waals surface area (Å²) in [5.74, 6) is 2.53. The molecule has 1 heteroatoms. The third-order valence-corrected chi connectivity index (χ3v) is 3.02. The summed E-state index contributed by atoms with van der Waals surface area (Å²) >= 11 is 0. The average molecular weight is 230 g/mol. The van der Waals surface area contributed by atoms with E-state index in [4.69, 9.17) is 6.42 Å². The highest BCUT2D eigenvalue weighted by Gasteiger charge is 2.06. The first kappa shape index (κ1) is 13.5. The van der Waals surface area contributed by atoms with Gasteiger partial charge in [0.1, 0.15) is 5.82 Å². The molecule has 0 fully saturated rings. The van der Waals surface area contributed by atoms with Gasteiger partial charge in [0.2, 0.25) is 0 Å². The van der Waals surface area contributed by atoms with E-state index < -0.39 is 0 Å². The van der Waals surface area contributed by atoms with Gasteiger partial charge >= 0.3 is 0 Å². The Bertz CT molecular complexity index is 556. The number of rotatable bonds is 2. The van der Waals surface area contributed by atoms with Crippen molar-refractivity contribution in [2.75, 3.05) is 0 Å². The molecular formula is C16H19F. The van der Waals surface area contributed by atoms with Gasteiger partial charge in [0.15, 0.2) is 0 Å². The van der Waals surface area contributed by atoms with Crippen LogP contribution < -0.4 is 10.4 Å². The zero-order valence-corrected chi connectivity index (χ0v) is 11.0. The van der Waals surface area contributed by atoms with Crippen molar-refractivity contribution in [1.82, 2.24) is 0 Å². The summed E-state index contributed by atoms with van der Waals surface area (Å²) in [5.41, 5.74) is 1.52. The predicted molar refractivity (Wildman–Crippen MR) is 72.3 cm³/mol. The van der Waals surface area contributed by atoms with Crippen LogP contribution in [0, 0.1) is 24.1 Å². The van der Waals surface area contributed by atoms with Crippen molar-refractivity contribution in [3.05, 3.63) is 34.0 Å². The highest BCUT2D eigenvalue weighted by atomic mass is 19.1. The van der Waals surface area contributed by atoms with Crippen molar-refractivity contribution in [3.63, 3.8) is 0 Å². The van der Waals surface area contributed by atoms with Crippen molar-refractivity contribution < 1.29 is 4.39 Å². The van der Waals surface area contributed by atoms with E-state index in [0.29, 0.717) is 11.5 Å². The van der Waals surface area contributed by atoms with Crippen LogP contribution in [0.15, 0.2) is 12.1 Å². The van der Waals surface area contributed by atoms with Gasteiger partial charge in [-0.15, -0.1) is 6.42 Å². The molecule has 0 aliphatic rings. The molecule has 0 bridgehead atoms. The minimum Gasteiger partial charge on any atom is -0.206 e. The predicted octanol–water partition coefficient (Wildman–Crippen LogP) is 2.82. The molecule has 0 spiro atoms. The van der Waals surface area contributed by atoms with Gasteiger partial charge in [0, 0.05) is 0 Å². The summed E-state index contributed by atoms with van der Waals surface area (Å²) in [7, 11) is 0. The van der Waals surface area contributed by atoms with Crippen LogP contribution >= 0.6 is 0 Å². The third-order valence-electron chi connectivity index (χ3n) is 3.02. The van der Waals surface area contributed by atoms with E-state index in [1.165, 1.54) is 6.07 Å². The fourth-order valence-electron chi connectivity index (χ4n) is 1.84. The van der Waals surface area contributed by atoms with Gasteiger partial charge in [0.25, 0.3) is 0 Å². The van der Waals surface area contributed by atoms with E-state index in [9.17, 15) is 4.39 Å². The number of terminal acetylenes is 1. The van der Waals surface area contributed by atoms with E-state index >= 15 is 0 Å². The third kappa shape index (κ3) is 2.77. The van der Waals surface area contributed by atoms with Crippen LogP contribution in [-0.4, -0.2) is 0 Å². The average Bonchev–Trinajstić information content (AvgIpc) is 2.30. The number of hydrogen-bond acceptors (Lipinski definition) is 0. The van der Waals surface area contributed by atoms with Crippen molar-refractivity contribution in [2.45, 2.75) is 34.1 Å². The molecular weight excluding hydrogens is 211 g/mol. The molecule has 0 unspecified atom stereocenters. The quantitative estimate of drug-likeness (QED) is 0.685. The van der Waals surface area contributed by atoms with Gasteiger partial charge in [-0.3, -0.25) is 0 Å². The van der Waals surface area contributed by atoms with Crippen LogP contribution in [-0.2, 0) is 0 Å². The van der Waals surface area contributed by atoms with E-state index in [0.717, 1.165) is 22.4 Å². The second-order valence-corrected chi connectivity index (χ2v) is 4.48.